The van der Waals surface area contributed by atoms with E-state index < -0.39 is 49.3 Å². The molecule has 3 N–H and O–H groups in total. The summed E-state index contributed by atoms with van der Waals surface area (Å²) in [6.45, 7) is -1.67. The van der Waals surface area contributed by atoms with E-state index in [9.17, 15) is 36.2 Å². The third-order valence-corrected chi connectivity index (χ3v) is 5.03. The van der Waals surface area contributed by atoms with Gasteiger partial charge in [-0.1, -0.05) is 30.3 Å². The number of aliphatic hydroxyl groups excluding tert-OH is 1. The zero-order valence-corrected chi connectivity index (χ0v) is 17.6. The van der Waals surface area contributed by atoms with Gasteiger partial charge in [-0.25, -0.2) is 23.8 Å². The third kappa shape index (κ3) is 4.82. The maximum Gasteiger partial charge on any atom is 0.433 e. The highest BCUT2D eigenvalue weighted by atomic mass is 19.4. The van der Waals surface area contributed by atoms with Gasteiger partial charge in [0.2, 0.25) is 5.95 Å². The molecule has 0 amide bonds. The van der Waals surface area contributed by atoms with E-state index in [1.165, 1.54) is 0 Å². The Labute approximate surface area is 192 Å². The summed E-state index contributed by atoms with van der Waals surface area (Å²) in [6, 6.07) is 9.93. The molecule has 35 heavy (non-hydrogen) atoms. The Morgan fingerprint density at radius 2 is 1.66 bits per heavy atom. The van der Waals surface area contributed by atoms with Crippen LogP contribution in [0.15, 0.2) is 47.3 Å². The Morgan fingerprint density at radius 1 is 0.971 bits per heavy atom. The highest BCUT2D eigenvalue weighted by Gasteiger charge is 2.34. The summed E-state index contributed by atoms with van der Waals surface area (Å²) in [7, 11) is 0. The van der Waals surface area contributed by atoms with E-state index >= 15 is 0 Å². The molecular weight excluding hydrogens is 482 g/mol. The fourth-order valence-corrected chi connectivity index (χ4v) is 3.51. The molecule has 0 unspecified atom stereocenters. The molecule has 1 aromatic carbocycles. The Hall–Kier alpha value is -3.94. The number of aromatic nitrogens is 5. The molecule has 3 heterocycles. The minimum Gasteiger partial charge on any atom is -0.390 e. The maximum absolute atomic E-state index is 13.5. The van der Waals surface area contributed by atoms with E-state index in [1.807, 2.05) is 0 Å². The van der Waals surface area contributed by atoms with Crippen molar-refractivity contribution in [2.45, 2.75) is 31.9 Å². The molecule has 0 fully saturated rings. The second kappa shape index (κ2) is 8.69. The van der Waals surface area contributed by atoms with Gasteiger partial charge in [-0.15, -0.1) is 5.10 Å². The van der Waals surface area contributed by atoms with Crippen molar-refractivity contribution < 1.29 is 31.4 Å². The summed E-state index contributed by atoms with van der Waals surface area (Å²) < 4.78 is 80.1. The highest BCUT2D eigenvalue weighted by Crippen LogP contribution is 2.37. The Morgan fingerprint density at radius 3 is 2.26 bits per heavy atom. The summed E-state index contributed by atoms with van der Waals surface area (Å²) in [6.07, 6.45) is -10.8. The normalized spacial score (nSPS) is 12.4. The molecule has 184 valence electrons. The van der Waals surface area contributed by atoms with Gasteiger partial charge in [0, 0.05) is 5.56 Å². The lowest BCUT2D eigenvalue weighted by Gasteiger charge is -2.14. The third-order valence-electron chi connectivity index (χ3n) is 5.03. The Balaban J connectivity index is 2.08. The number of hydrogen-bond donors (Lipinski definition) is 2. The molecule has 8 nitrogen and oxygen atoms in total. The van der Waals surface area contributed by atoms with Crippen molar-refractivity contribution in [2.24, 2.45) is 0 Å². The van der Waals surface area contributed by atoms with E-state index in [1.54, 1.807) is 30.3 Å². The second-order valence-electron chi connectivity index (χ2n) is 7.48. The molecule has 0 saturated heterocycles. The summed E-state index contributed by atoms with van der Waals surface area (Å²) in [5.41, 5.74) is 3.10. The molecule has 0 aliphatic heterocycles. The number of anilines is 1. The molecule has 14 heteroatoms. The fraction of sp³-hybridized carbons (Fsp3) is 0.238. The molecular formula is C21H16F6N6O2. The van der Waals surface area contributed by atoms with Crippen LogP contribution in [-0.4, -0.2) is 35.4 Å². The average molecular weight is 498 g/mol. The molecule has 4 aromatic rings. The van der Waals surface area contributed by atoms with Gasteiger partial charge in [0.1, 0.15) is 5.69 Å². The van der Waals surface area contributed by atoms with Gasteiger partial charge in [-0.2, -0.15) is 26.3 Å². The van der Waals surface area contributed by atoms with Crippen LogP contribution in [0.1, 0.15) is 17.8 Å². The van der Waals surface area contributed by atoms with E-state index in [0.717, 1.165) is 10.5 Å². The number of nitrogens with two attached hydrogens (primary N) is 1. The predicted molar refractivity (Wildman–Crippen MR) is 112 cm³/mol. The number of halogens is 6. The van der Waals surface area contributed by atoms with Gasteiger partial charge < -0.3 is 10.8 Å². The van der Waals surface area contributed by atoms with Crippen LogP contribution in [0, 0.1) is 0 Å². The largest absolute Gasteiger partial charge is 0.433 e. The van der Waals surface area contributed by atoms with Crippen LogP contribution in [0.3, 0.4) is 0 Å². The smallest absolute Gasteiger partial charge is 0.390 e. The van der Waals surface area contributed by atoms with Gasteiger partial charge in [0.15, 0.2) is 5.65 Å². The van der Waals surface area contributed by atoms with Gasteiger partial charge in [-0.05, 0) is 17.7 Å². The number of rotatable bonds is 5. The average Bonchev–Trinajstić information content (AvgIpc) is 3.13. The van der Waals surface area contributed by atoms with Gasteiger partial charge in [0.25, 0.3) is 0 Å². The van der Waals surface area contributed by atoms with Crippen molar-refractivity contribution in [2.75, 3.05) is 5.73 Å². The molecule has 4 rings (SSSR count). The van der Waals surface area contributed by atoms with Gasteiger partial charge in [0.05, 0.1) is 36.5 Å². The van der Waals surface area contributed by atoms with Crippen LogP contribution in [-0.2, 0) is 19.3 Å². The van der Waals surface area contributed by atoms with Gasteiger partial charge >= 0.3 is 18.0 Å². The molecule has 0 radical (unpaired) electrons. The topological polar surface area (TPSA) is 111 Å². The minimum absolute atomic E-state index is 0.0341. The first-order valence-corrected chi connectivity index (χ1v) is 9.99. The lowest BCUT2D eigenvalue weighted by atomic mass is 9.99. The van der Waals surface area contributed by atoms with Crippen LogP contribution in [0.25, 0.3) is 28.0 Å². The molecule has 0 bridgehead atoms. The summed E-state index contributed by atoms with van der Waals surface area (Å²) in [5, 5.41) is 13.5. The number of benzene rings is 1. The van der Waals surface area contributed by atoms with Crippen LogP contribution < -0.4 is 11.4 Å². The first-order chi connectivity index (χ1) is 16.4. The summed E-state index contributed by atoms with van der Waals surface area (Å²) in [4.78, 5) is 20.4. The first-order valence-electron chi connectivity index (χ1n) is 9.99. The van der Waals surface area contributed by atoms with Crippen LogP contribution in [0.5, 0.6) is 0 Å². The lowest BCUT2D eigenvalue weighted by Crippen LogP contribution is -2.25. The zero-order chi connectivity index (χ0) is 25.5. The number of nitrogen functional groups attached to an aromatic ring is 1. The van der Waals surface area contributed by atoms with E-state index in [-0.39, 0.29) is 28.2 Å². The number of aliphatic hydroxyl groups is 1. The highest BCUT2D eigenvalue weighted by molar-refractivity contribution is 5.90. The van der Waals surface area contributed by atoms with Crippen LogP contribution >= 0.6 is 0 Å². The number of alkyl halides is 6. The Bertz CT molecular complexity index is 1440. The molecule has 3 aromatic heterocycles. The molecule has 0 aliphatic carbocycles. The molecule has 0 saturated carbocycles. The van der Waals surface area contributed by atoms with Crippen molar-refractivity contribution in [1.29, 1.82) is 0 Å². The Kier molecular flexibility index (Phi) is 6.00. The van der Waals surface area contributed by atoms with Crippen molar-refractivity contribution in [3.63, 3.8) is 0 Å². The van der Waals surface area contributed by atoms with Crippen molar-refractivity contribution >= 4 is 11.6 Å². The van der Waals surface area contributed by atoms with Crippen LogP contribution in [0.4, 0.5) is 32.3 Å². The first kappa shape index (κ1) is 24.2. The van der Waals surface area contributed by atoms with Crippen molar-refractivity contribution in [3.8, 4) is 22.4 Å². The van der Waals surface area contributed by atoms with E-state index in [0.29, 0.717) is 16.3 Å². The molecule has 0 spiro atoms. The van der Waals surface area contributed by atoms with Crippen LogP contribution in [0.2, 0.25) is 0 Å². The standard InChI is InChI=1S/C21H16F6N6O2/c22-20(23,24)6-7-32-19(35)33-17(31-32)15(16(30-18(33)28)11-4-2-1-3-5-11)12-8-13(10-34)29-14(9-12)21(25,26)27/h1-5,8-9,34H,6-7,10H2,(H2,28,30). The van der Waals surface area contributed by atoms with E-state index in [4.69, 9.17) is 5.73 Å². The number of hydrogen-bond acceptors (Lipinski definition) is 6. The summed E-state index contributed by atoms with van der Waals surface area (Å²) >= 11 is 0. The quantitative estimate of drug-likeness (QED) is 0.407. The zero-order valence-electron chi connectivity index (χ0n) is 17.6. The molecule has 0 atom stereocenters. The number of pyridine rings is 1. The van der Waals surface area contributed by atoms with Crippen molar-refractivity contribution in [1.82, 2.24) is 24.1 Å². The van der Waals surface area contributed by atoms with Gasteiger partial charge in [-0.3, -0.25) is 0 Å². The monoisotopic (exact) mass is 498 g/mol. The van der Waals surface area contributed by atoms with Crippen molar-refractivity contribution in [3.05, 3.63) is 64.3 Å². The maximum atomic E-state index is 13.5. The fourth-order valence-electron chi connectivity index (χ4n) is 3.51. The number of nitrogens with zero attached hydrogens (tertiary/aromatic N) is 5. The van der Waals surface area contributed by atoms with E-state index in [2.05, 4.69) is 15.1 Å². The minimum atomic E-state index is -4.88. The second-order valence-corrected chi connectivity index (χ2v) is 7.48. The lowest BCUT2D eigenvalue weighted by molar-refractivity contribution is -0.141. The summed E-state index contributed by atoms with van der Waals surface area (Å²) in [5.74, 6) is -0.418. The number of fused-ring (bicyclic) bond motifs is 1. The molecule has 0 aliphatic rings. The SMILES string of the molecule is Nc1nc(-c2ccccc2)c(-c2cc(CO)nc(C(F)(F)F)c2)c2nn(CCC(F)(F)F)c(=O)n12. The predicted octanol–water partition coefficient (Wildman–Crippen LogP) is 3.67. The number of aryl methyl sites for hydroxylation is 1.